The molecule has 4 nitrogen and oxygen atoms in total. The number of furan rings is 1. The van der Waals surface area contributed by atoms with Crippen LogP contribution in [0.1, 0.15) is 37.0 Å². The molecule has 16 heavy (non-hydrogen) atoms. The Morgan fingerprint density at radius 2 is 2.38 bits per heavy atom. The van der Waals surface area contributed by atoms with Gasteiger partial charge in [0.05, 0.1) is 24.0 Å². The van der Waals surface area contributed by atoms with Gasteiger partial charge in [0.25, 0.3) is 5.91 Å². The number of hydrogen-bond acceptors (Lipinski definition) is 3. The van der Waals surface area contributed by atoms with E-state index in [1.54, 1.807) is 6.07 Å². The Hall–Kier alpha value is -0.810. The molecule has 0 saturated heterocycles. The summed E-state index contributed by atoms with van der Waals surface area (Å²) in [5.74, 6) is -0.245. The van der Waals surface area contributed by atoms with E-state index in [4.69, 9.17) is 4.42 Å². The number of carbonyl (C=O) groups excluding carboxylic acids is 1. The molecule has 0 aromatic carbocycles. The Labute approximate surface area is 103 Å². The van der Waals surface area contributed by atoms with Crippen LogP contribution in [0.3, 0.4) is 0 Å². The van der Waals surface area contributed by atoms with Crippen molar-refractivity contribution in [3.8, 4) is 0 Å². The Morgan fingerprint density at radius 1 is 1.69 bits per heavy atom. The Kier molecular flexibility index (Phi) is 4.56. The van der Waals surface area contributed by atoms with Gasteiger partial charge in [-0.25, -0.2) is 0 Å². The van der Waals surface area contributed by atoms with Crippen LogP contribution in [0.25, 0.3) is 0 Å². The van der Waals surface area contributed by atoms with E-state index in [1.165, 1.54) is 6.26 Å². The molecule has 0 aliphatic rings. The third-order valence-corrected chi connectivity index (χ3v) is 3.04. The van der Waals surface area contributed by atoms with E-state index in [9.17, 15) is 9.90 Å². The first kappa shape index (κ1) is 13.3. The van der Waals surface area contributed by atoms with E-state index in [0.717, 1.165) is 12.8 Å². The average Bonchev–Trinajstić information content (AvgIpc) is 2.65. The van der Waals surface area contributed by atoms with Crippen LogP contribution in [0.5, 0.6) is 0 Å². The Balaban J connectivity index is 2.73. The Bertz CT molecular complexity index is 364. The van der Waals surface area contributed by atoms with Crippen LogP contribution in [0.4, 0.5) is 0 Å². The monoisotopic (exact) mass is 289 g/mol. The molecule has 0 aliphatic carbocycles. The number of hydrogen-bond donors (Lipinski definition) is 2. The fraction of sp³-hybridized carbons (Fsp3) is 0.545. The zero-order valence-electron chi connectivity index (χ0n) is 9.42. The molecule has 0 saturated carbocycles. The fourth-order valence-corrected chi connectivity index (χ4v) is 1.95. The van der Waals surface area contributed by atoms with E-state index in [1.807, 2.05) is 13.8 Å². The lowest BCUT2D eigenvalue weighted by molar-refractivity contribution is 0.0839. The van der Waals surface area contributed by atoms with Crippen LogP contribution in [-0.4, -0.2) is 23.2 Å². The first-order valence-corrected chi connectivity index (χ1v) is 5.98. The topological polar surface area (TPSA) is 62.5 Å². The summed E-state index contributed by atoms with van der Waals surface area (Å²) in [7, 11) is 0. The second kappa shape index (κ2) is 5.50. The highest BCUT2D eigenvalue weighted by atomic mass is 79.9. The van der Waals surface area contributed by atoms with Crippen LogP contribution in [0, 0.1) is 0 Å². The normalized spacial score (nSPS) is 14.5. The van der Waals surface area contributed by atoms with Gasteiger partial charge in [0.15, 0.2) is 4.67 Å². The molecule has 1 amide bonds. The van der Waals surface area contributed by atoms with Gasteiger partial charge in [-0.3, -0.25) is 4.79 Å². The van der Waals surface area contributed by atoms with E-state index < -0.39 is 5.54 Å². The first-order chi connectivity index (χ1) is 7.52. The van der Waals surface area contributed by atoms with Gasteiger partial charge >= 0.3 is 0 Å². The molecule has 0 spiro atoms. The number of rotatable bonds is 5. The second-order valence-electron chi connectivity index (χ2n) is 4.03. The molecule has 1 rings (SSSR count). The summed E-state index contributed by atoms with van der Waals surface area (Å²) in [5, 5.41) is 12.1. The Morgan fingerprint density at radius 3 is 2.81 bits per heavy atom. The molecule has 0 aliphatic heterocycles. The molecule has 0 radical (unpaired) electrons. The molecule has 0 unspecified atom stereocenters. The number of aliphatic hydroxyl groups excluding tert-OH is 1. The molecule has 2 N–H and O–H groups in total. The maximum absolute atomic E-state index is 11.9. The van der Waals surface area contributed by atoms with Gasteiger partial charge in [0, 0.05) is 0 Å². The van der Waals surface area contributed by atoms with Crippen LogP contribution >= 0.6 is 15.9 Å². The van der Waals surface area contributed by atoms with Gasteiger partial charge in [0.2, 0.25) is 0 Å². The van der Waals surface area contributed by atoms with Crippen molar-refractivity contribution in [2.75, 3.05) is 6.61 Å². The fourth-order valence-electron chi connectivity index (χ4n) is 1.53. The number of halogens is 1. The molecular formula is C11H16BrNO3. The summed E-state index contributed by atoms with van der Waals surface area (Å²) in [6.07, 6.45) is 3.06. The minimum absolute atomic E-state index is 0.0813. The second-order valence-corrected chi connectivity index (χ2v) is 4.75. The third-order valence-electron chi connectivity index (χ3n) is 2.43. The van der Waals surface area contributed by atoms with Crippen molar-refractivity contribution >= 4 is 21.8 Å². The lowest BCUT2D eigenvalue weighted by atomic mass is 9.97. The van der Waals surface area contributed by atoms with E-state index >= 15 is 0 Å². The minimum Gasteiger partial charge on any atom is -0.457 e. The van der Waals surface area contributed by atoms with Crippen LogP contribution < -0.4 is 5.32 Å². The third kappa shape index (κ3) is 3.09. The molecule has 1 atom stereocenters. The zero-order chi connectivity index (χ0) is 12.2. The van der Waals surface area contributed by atoms with E-state index in [2.05, 4.69) is 21.2 Å². The van der Waals surface area contributed by atoms with E-state index in [-0.39, 0.29) is 12.5 Å². The van der Waals surface area contributed by atoms with Gasteiger partial charge in [-0.15, -0.1) is 0 Å². The van der Waals surface area contributed by atoms with Crippen LogP contribution in [0.2, 0.25) is 0 Å². The summed E-state index contributed by atoms with van der Waals surface area (Å²) in [6, 6.07) is 1.59. The summed E-state index contributed by atoms with van der Waals surface area (Å²) in [5.41, 5.74) is -0.140. The maximum Gasteiger partial charge on any atom is 0.256 e. The van der Waals surface area contributed by atoms with Crippen molar-refractivity contribution in [3.05, 3.63) is 22.6 Å². The molecule has 1 aromatic heterocycles. The first-order valence-electron chi connectivity index (χ1n) is 5.19. The lowest BCUT2D eigenvalue weighted by Crippen LogP contribution is -2.48. The van der Waals surface area contributed by atoms with Gasteiger partial charge in [-0.2, -0.15) is 0 Å². The number of aliphatic hydroxyl groups is 1. The summed E-state index contributed by atoms with van der Waals surface area (Å²) in [6.45, 7) is 3.75. The molecule has 5 heteroatoms. The van der Waals surface area contributed by atoms with Gasteiger partial charge < -0.3 is 14.8 Å². The van der Waals surface area contributed by atoms with Crippen LogP contribution in [-0.2, 0) is 0 Å². The molecule has 1 aromatic rings. The van der Waals surface area contributed by atoms with Crippen molar-refractivity contribution in [1.29, 1.82) is 0 Å². The smallest absolute Gasteiger partial charge is 0.256 e. The standard InChI is InChI=1S/C11H16BrNO3/c1-3-5-11(2,7-14)13-10(15)8-4-6-16-9(8)12/h4,6,14H,3,5,7H2,1-2H3,(H,13,15)/t11-/m1/s1. The molecule has 90 valence electrons. The quantitative estimate of drug-likeness (QED) is 0.874. The lowest BCUT2D eigenvalue weighted by Gasteiger charge is -2.28. The predicted molar refractivity (Wildman–Crippen MR) is 64.3 cm³/mol. The molecule has 0 fully saturated rings. The molecule has 0 bridgehead atoms. The van der Waals surface area contributed by atoms with Crippen molar-refractivity contribution in [1.82, 2.24) is 5.32 Å². The largest absolute Gasteiger partial charge is 0.457 e. The van der Waals surface area contributed by atoms with E-state index in [0.29, 0.717) is 10.2 Å². The molecular weight excluding hydrogens is 274 g/mol. The average molecular weight is 290 g/mol. The summed E-state index contributed by atoms with van der Waals surface area (Å²) < 4.78 is 5.39. The number of carbonyl (C=O) groups is 1. The highest BCUT2D eigenvalue weighted by molar-refractivity contribution is 9.10. The van der Waals surface area contributed by atoms with Gasteiger partial charge in [-0.1, -0.05) is 13.3 Å². The molecule has 1 heterocycles. The SMILES string of the molecule is CCC[C@](C)(CO)NC(=O)c1ccoc1Br. The van der Waals surface area contributed by atoms with Crippen molar-refractivity contribution < 1.29 is 14.3 Å². The van der Waals surface area contributed by atoms with Gasteiger partial charge in [-0.05, 0) is 35.3 Å². The van der Waals surface area contributed by atoms with Gasteiger partial charge in [0.1, 0.15) is 0 Å². The number of nitrogens with one attached hydrogen (secondary N) is 1. The number of amides is 1. The van der Waals surface area contributed by atoms with Crippen LogP contribution in [0.15, 0.2) is 21.4 Å². The predicted octanol–water partition coefficient (Wildman–Crippen LogP) is 2.32. The van der Waals surface area contributed by atoms with Crippen molar-refractivity contribution in [3.63, 3.8) is 0 Å². The van der Waals surface area contributed by atoms with Crippen molar-refractivity contribution in [2.45, 2.75) is 32.2 Å². The maximum atomic E-state index is 11.9. The minimum atomic E-state index is -0.581. The summed E-state index contributed by atoms with van der Waals surface area (Å²) in [4.78, 5) is 11.9. The summed E-state index contributed by atoms with van der Waals surface area (Å²) >= 11 is 3.15. The highest BCUT2D eigenvalue weighted by Crippen LogP contribution is 2.19. The zero-order valence-corrected chi connectivity index (χ0v) is 11.0. The highest BCUT2D eigenvalue weighted by Gasteiger charge is 2.26. The van der Waals surface area contributed by atoms with Crippen molar-refractivity contribution in [2.24, 2.45) is 0 Å².